The summed E-state index contributed by atoms with van der Waals surface area (Å²) in [5, 5.41) is -0.195. The lowest BCUT2D eigenvalue weighted by atomic mass is 10.3. The van der Waals surface area contributed by atoms with E-state index in [0.29, 0.717) is 17.6 Å². The highest BCUT2D eigenvalue weighted by Gasteiger charge is 2.13. The summed E-state index contributed by atoms with van der Waals surface area (Å²) >= 11 is 9.14. The average molecular weight is 312 g/mol. The normalized spacial score (nSPS) is 12.6. The van der Waals surface area contributed by atoms with Gasteiger partial charge in [-0.05, 0) is 22.0 Å². The van der Waals surface area contributed by atoms with Crippen molar-refractivity contribution < 1.29 is 9.13 Å². The first-order valence-electron chi connectivity index (χ1n) is 4.69. The topological polar surface area (TPSA) is 25.4 Å². The van der Waals surface area contributed by atoms with Gasteiger partial charge in [-0.25, -0.2) is 9.37 Å². The van der Waals surface area contributed by atoms with Crippen LogP contribution in [0.5, 0.6) is 0 Å². The predicted molar refractivity (Wildman–Crippen MR) is 66.7 cm³/mol. The summed E-state index contributed by atoms with van der Waals surface area (Å²) in [6.45, 7) is 0.894. The molecule has 1 rings (SSSR count). The molecule has 0 saturated heterocycles. The van der Waals surface area contributed by atoms with Gasteiger partial charge in [-0.1, -0.05) is 0 Å². The molecule has 0 bridgehead atoms. The van der Waals surface area contributed by atoms with E-state index in [1.54, 1.807) is 25.3 Å². The Morgan fingerprint density at radius 3 is 2.94 bits per heavy atom. The van der Waals surface area contributed by atoms with E-state index in [9.17, 15) is 4.39 Å². The highest BCUT2D eigenvalue weighted by molar-refractivity contribution is 9.10. The minimum atomic E-state index is -0.377. The summed E-state index contributed by atoms with van der Waals surface area (Å²) in [5.41, 5.74) is 0. The largest absolute Gasteiger partial charge is 0.383 e. The number of nitrogens with zero attached hydrogens (tertiary/aromatic N) is 2. The maximum absolute atomic E-state index is 13.5. The number of halogens is 3. The third kappa shape index (κ3) is 3.88. The molecule has 0 amide bonds. The van der Waals surface area contributed by atoms with Crippen LogP contribution >= 0.6 is 27.5 Å². The van der Waals surface area contributed by atoms with Gasteiger partial charge in [0.15, 0.2) is 11.6 Å². The van der Waals surface area contributed by atoms with Crippen molar-refractivity contribution in [3.05, 3.63) is 22.6 Å². The third-order valence-corrected chi connectivity index (χ3v) is 2.67. The van der Waals surface area contributed by atoms with Crippen molar-refractivity contribution in [2.24, 2.45) is 0 Å². The minimum absolute atomic E-state index is 0.195. The molecule has 0 aliphatic carbocycles. The first-order chi connectivity index (χ1) is 7.54. The van der Waals surface area contributed by atoms with Crippen LogP contribution in [0, 0.1) is 5.82 Å². The van der Waals surface area contributed by atoms with Gasteiger partial charge >= 0.3 is 0 Å². The Labute approximate surface area is 108 Å². The average Bonchev–Trinajstić information content (AvgIpc) is 2.17. The number of methoxy groups -OCH3 is 1. The van der Waals surface area contributed by atoms with Gasteiger partial charge in [0.25, 0.3) is 0 Å². The highest BCUT2D eigenvalue weighted by atomic mass is 79.9. The monoisotopic (exact) mass is 310 g/mol. The molecule has 1 heterocycles. The Morgan fingerprint density at radius 2 is 2.38 bits per heavy atom. The van der Waals surface area contributed by atoms with E-state index in [2.05, 4.69) is 20.9 Å². The number of hydrogen-bond acceptors (Lipinski definition) is 3. The SMILES string of the molecule is COCC(Cl)CN(C)c1ncc(Br)cc1F. The molecule has 90 valence electrons. The van der Waals surface area contributed by atoms with Crippen molar-refractivity contribution in [3.8, 4) is 0 Å². The van der Waals surface area contributed by atoms with Crippen LogP contribution in [-0.2, 0) is 4.74 Å². The van der Waals surface area contributed by atoms with Crippen molar-refractivity contribution in [1.82, 2.24) is 4.98 Å². The second-order valence-corrected chi connectivity index (χ2v) is 4.93. The van der Waals surface area contributed by atoms with Gasteiger partial charge in [0, 0.05) is 31.4 Å². The van der Waals surface area contributed by atoms with Crippen LogP contribution in [0.2, 0.25) is 0 Å². The number of aromatic nitrogens is 1. The first kappa shape index (κ1) is 13.7. The number of hydrogen-bond donors (Lipinski definition) is 0. The Bertz CT molecular complexity index is 354. The Hall–Kier alpha value is -0.390. The van der Waals surface area contributed by atoms with Gasteiger partial charge in [0.05, 0.1) is 12.0 Å². The molecule has 1 atom stereocenters. The molecule has 1 aromatic rings. The lowest BCUT2D eigenvalue weighted by Crippen LogP contribution is -2.29. The van der Waals surface area contributed by atoms with Crippen molar-refractivity contribution in [2.45, 2.75) is 5.38 Å². The summed E-state index contributed by atoms with van der Waals surface area (Å²) in [6, 6.07) is 1.37. The van der Waals surface area contributed by atoms with Gasteiger partial charge in [-0.2, -0.15) is 0 Å². The zero-order chi connectivity index (χ0) is 12.1. The van der Waals surface area contributed by atoms with E-state index in [-0.39, 0.29) is 17.0 Å². The second-order valence-electron chi connectivity index (χ2n) is 3.39. The fraction of sp³-hybridized carbons (Fsp3) is 0.500. The van der Waals surface area contributed by atoms with E-state index >= 15 is 0 Å². The molecule has 0 aliphatic rings. The molecule has 6 heteroatoms. The number of alkyl halides is 1. The molecule has 0 fully saturated rings. The van der Waals surface area contributed by atoms with E-state index < -0.39 is 0 Å². The summed E-state index contributed by atoms with van der Waals surface area (Å²) in [5.74, 6) is -0.0943. The molecule has 0 radical (unpaired) electrons. The number of pyridine rings is 1. The summed E-state index contributed by atoms with van der Waals surface area (Å²) in [7, 11) is 3.32. The molecule has 1 unspecified atom stereocenters. The molecule has 1 aromatic heterocycles. The summed E-state index contributed by atoms with van der Waals surface area (Å²) in [6.07, 6.45) is 1.55. The molecule has 0 aliphatic heterocycles. The minimum Gasteiger partial charge on any atom is -0.383 e. The van der Waals surface area contributed by atoms with Crippen LogP contribution in [0.25, 0.3) is 0 Å². The third-order valence-electron chi connectivity index (χ3n) is 1.97. The second kappa shape index (κ2) is 6.37. The van der Waals surface area contributed by atoms with E-state index in [1.807, 2.05) is 0 Å². The van der Waals surface area contributed by atoms with E-state index in [0.717, 1.165) is 0 Å². The van der Waals surface area contributed by atoms with Crippen molar-refractivity contribution >= 4 is 33.3 Å². The lowest BCUT2D eigenvalue weighted by molar-refractivity contribution is 0.199. The van der Waals surface area contributed by atoms with Gasteiger partial charge in [-0.15, -0.1) is 11.6 Å². The van der Waals surface area contributed by atoms with Crippen molar-refractivity contribution in [2.75, 3.05) is 32.2 Å². The number of rotatable bonds is 5. The molecule has 0 N–H and O–H groups in total. The number of ether oxygens (including phenoxy) is 1. The fourth-order valence-corrected chi connectivity index (χ4v) is 1.94. The zero-order valence-corrected chi connectivity index (χ0v) is 11.4. The van der Waals surface area contributed by atoms with Gasteiger partial charge in [0.1, 0.15) is 0 Å². The molecule has 0 spiro atoms. The van der Waals surface area contributed by atoms with Crippen molar-refractivity contribution in [1.29, 1.82) is 0 Å². The van der Waals surface area contributed by atoms with Gasteiger partial charge in [0.2, 0.25) is 0 Å². The molecular formula is C10H13BrClFN2O. The molecule has 0 aromatic carbocycles. The molecule has 3 nitrogen and oxygen atoms in total. The van der Waals surface area contributed by atoms with Crippen molar-refractivity contribution in [3.63, 3.8) is 0 Å². The van der Waals surface area contributed by atoms with E-state index in [1.165, 1.54) is 6.07 Å². The van der Waals surface area contributed by atoms with Crippen LogP contribution < -0.4 is 4.90 Å². The van der Waals surface area contributed by atoms with Gasteiger partial charge in [-0.3, -0.25) is 0 Å². The van der Waals surface area contributed by atoms with Crippen LogP contribution in [0.1, 0.15) is 0 Å². The Balaban J connectivity index is 2.69. The quantitative estimate of drug-likeness (QED) is 0.782. The highest BCUT2D eigenvalue weighted by Crippen LogP contribution is 2.19. The molecule has 0 saturated carbocycles. The van der Waals surface area contributed by atoms with Crippen LogP contribution in [0.3, 0.4) is 0 Å². The van der Waals surface area contributed by atoms with Crippen LogP contribution in [0.4, 0.5) is 10.2 Å². The summed E-state index contributed by atoms with van der Waals surface area (Å²) in [4.78, 5) is 5.66. The maximum atomic E-state index is 13.5. The standard InChI is InChI=1S/C10H13BrClFN2O/c1-15(5-8(12)6-16-2)10-9(13)3-7(11)4-14-10/h3-4,8H,5-6H2,1-2H3. The predicted octanol–water partition coefficient (Wildman–Crippen LogP) is 2.67. The van der Waals surface area contributed by atoms with Gasteiger partial charge < -0.3 is 9.64 Å². The number of anilines is 1. The zero-order valence-electron chi connectivity index (χ0n) is 9.08. The first-order valence-corrected chi connectivity index (χ1v) is 5.92. The Morgan fingerprint density at radius 1 is 1.69 bits per heavy atom. The Kier molecular flexibility index (Phi) is 5.44. The van der Waals surface area contributed by atoms with E-state index in [4.69, 9.17) is 16.3 Å². The maximum Gasteiger partial charge on any atom is 0.166 e. The lowest BCUT2D eigenvalue weighted by Gasteiger charge is -2.21. The van der Waals surface area contributed by atoms with Crippen LogP contribution in [0.15, 0.2) is 16.7 Å². The molecular weight excluding hydrogens is 298 g/mol. The fourth-order valence-electron chi connectivity index (χ4n) is 1.31. The molecule has 16 heavy (non-hydrogen) atoms. The summed E-state index contributed by atoms with van der Waals surface area (Å²) < 4.78 is 19.1. The smallest absolute Gasteiger partial charge is 0.166 e. The van der Waals surface area contributed by atoms with Crippen LogP contribution in [-0.4, -0.2) is 37.7 Å².